The fourth-order valence-corrected chi connectivity index (χ4v) is 2.58. The lowest BCUT2D eigenvalue weighted by molar-refractivity contribution is -0.116. The molecular weight excluding hydrogens is 320 g/mol. The van der Waals surface area contributed by atoms with Crippen LogP contribution in [-0.2, 0) is 11.2 Å². The number of nitrogens with two attached hydrogens (primary N) is 1. The van der Waals surface area contributed by atoms with Crippen molar-refractivity contribution in [3.05, 3.63) is 41.5 Å². The maximum Gasteiger partial charge on any atom is 0.224 e. The summed E-state index contributed by atoms with van der Waals surface area (Å²) in [6.07, 6.45) is 0.888. The van der Waals surface area contributed by atoms with Crippen LogP contribution in [0.2, 0.25) is 0 Å². The number of benzene rings is 2. The number of anilines is 2. The van der Waals surface area contributed by atoms with Gasteiger partial charge in [0.15, 0.2) is 11.5 Å². The molecule has 0 bridgehead atoms. The second kappa shape index (κ2) is 8.28. The molecule has 0 aliphatic rings. The van der Waals surface area contributed by atoms with Gasteiger partial charge >= 0.3 is 0 Å². The normalized spacial score (nSPS) is 10.2. The van der Waals surface area contributed by atoms with Crippen molar-refractivity contribution in [2.75, 3.05) is 32.4 Å². The predicted molar refractivity (Wildman–Crippen MR) is 98.6 cm³/mol. The van der Waals surface area contributed by atoms with Gasteiger partial charge in [-0.2, -0.15) is 0 Å². The highest BCUT2D eigenvalue weighted by Crippen LogP contribution is 2.38. The minimum absolute atomic E-state index is 0.0679. The molecule has 0 aliphatic heterocycles. The summed E-state index contributed by atoms with van der Waals surface area (Å²) in [5.41, 5.74) is 9.03. The summed E-state index contributed by atoms with van der Waals surface area (Å²) in [6.45, 7) is 1.91. The molecule has 0 saturated heterocycles. The molecule has 0 aromatic heterocycles. The number of rotatable bonds is 7. The molecule has 2 rings (SSSR count). The number of carbonyl (C=O) groups is 1. The van der Waals surface area contributed by atoms with E-state index in [0.717, 1.165) is 16.8 Å². The molecule has 1 amide bonds. The quantitative estimate of drug-likeness (QED) is 0.754. The number of carbonyl (C=O) groups excluding carboxylic acids is 1. The highest BCUT2D eigenvalue weighted by atomic mass is 16.5. The van der Waals surface area contributed by atoms with Crippen LogP contribution in [0.5, 0.6) is 17.2 Å². The van der Waals surface area contributed by atoms with Gasteiger partial charge in [0.25, 0.3) is 0 Å². The average molecular weight is 344 g/mol. The molecule has 134 valence electrons. The number of nitrogens with one attached hydrogen (secondary N) is 1. The number of hydrogen-bond donors (Lipinski definition) is 2. The molecule has 3 N–H and O–H groups in total. The van der Waals surface area contributed by atoms with Gasteiger partial charge in [-0.15, -0.1) is 0 Å². The molecule has 25 heavy (non-hydrogen) atoms. The Morgan fingerprint density at radius 3 is 2.20 bits per heavy atom. The zero-order valence-corrected chi connectivity index (χ0v) is 15.0. The first-order chi connectivity index (χ1) is 12.0. The molecule has 6 heteroatoms. The maximum absolute atomic E-state index is 12.2. The Kier molecular flexibility index (Phi) is 6.11. The molecule has 0 fully saturated rings. The minimum atomic E-state index is -0.0679. The van der Waals surface area contributed by atoms with E-state index in [9.17, 15) is 4.79 Å². The van der Waals surface area contributed by atoms with Crippen molar-refractivity contribution < 1.29 is 19.0 Å². The number of ether oxygens (including phenoxy) is 3. The molecule has 2 aromatic carbocycles. The number of amides is 1. The van der Waals surface area contributed by atoms with Gasteiger partial charge in [0, 0.05) is 17.8 Å². The van der Waals surface area contributed by atoms with Crippen LogP contribution in [0.3, 0.4) is 0 Å². The van der Waals surface area contributed by atoms with Crippen LogP contribution in [0.4, 0.5) is 11.4 Å². The van der Waals surface area contributed by atoms with Gasteiger partial charge < -0.3 is 25.3 Å². The summed E-state index contributed by atoms with van der Waals surface area (Å²) in [5, 5.41) is 2.91. The van der Waals surface area contributed by atoms with Gasteiger partial charge in [-0.3, -0.25) is 4.79 Å². The molecular formula is C19H24N2O4. The number of nitrogen functional groups attached to an aromatic ring is 1. The van der Waals surface area contributed by atoms with E-state index >= 15 is 0 Å². The number of hydrogen-bond acceptors (Lipinski definition) is 5. The Labute approximate surface area is 147 Å². The van der Waals surface area contributed by atoms with Crippen molar-refractivity contribution in [1.29, 1.82) is 0 Å². The molecule has 0 radical (unpaired) electrons. The third-order valence-corrected chi connectivity index (χ3v) is 3.89. The molecule has 0 spiro atoms. The Hall–Kier alpha value is -2.89. The zero-order valence-electron chi connectivity index (χ0n) is 15.0. The summed E-state index contributed by atoms with van der Waals surface area (Å²) in [4.78, 5) is 12.2. The van der Waals surface area contributed by atoms with Gasteiger partial charge in [0.05, 0.1) is 21.3 Å². The molecule has 0 atom stereocenters. The fourth-order valence-electron chi connectivity index (χ4n) is 2.58. The monoisotopic (exact) mass is 344 g/mol. The number of aryl methyl sites for hydroxylation is 2. The van der Waals surface area contributed by atoms with Crippen molar-refractivity contribution in [2.24, 2.45) is 0 Å². The van der Waals surface area contributed by atoms with Crippen LogP contribution in [-0.4, -0.2) is 27.2 Å². The SMILES string of the molecule is COc1cc(CCC(=O)Nc2ccc(N)cc2C)cc(OC)c1OC. The van der Waals surface area contributed by atoms with E-state index in [1.807, 2.05) is 31.2 Å². The van der Waals surface area contributed by atoms with E-state index in [2.05, 4.69) is 5.32 Å². The third kappa shape index (κ3) is 4.56. The summed E-state index contributed by atoms with van der Waals surface area (Å²) >= 11 is 0. The summed E-state index contributed by atoms with van der Waals surface area (Å²) in [5.74, 6) is 1.62. The van der Waals surface area contributed by atoms with Gasteiger partial charge in [-0.05, 0) is 54.8 Å². The van der Waals surface area contributed by atoms with Crippen molar-refractivity contribution in [3.63, 3.8) is 0 Å². The lowest BCUT2D eigenvalue weighted by atomic mass is 10.1. The molecule has 6 nitrogen and oxygen atoms in total. The van der Waals surface area contributed by atoms with Crippen LogP contribution in [0.1, 0.15) is 17.5 Å². The molecule has 0 saturated carbocycles. The number of methoxy groups -OCH3 is 3. The highest BCUT2D eigenvalue weighted by Gasteiger charge is 2.14. The smallest absolute Gasteiger partial charge is 0.224 e. The van der Waals surface area contributed by atoms with E-state index in [-0.39, 0.29) is 5.91 Å². The first-order valence-corrected chi connectivity index (χ1v) is 7.93. The molecule has 0 heterocycles. The third-order valence-electron chi connectivity index (χ3n) is 3.89. The van der Waals surface area contributed by atoms with E-state index in [0.29, 0.717) is 35.8 Å². The molecule has 2 aromatic rings. The van der Waals surface area contributed by atoms with E-state index < -0.39 is 0 Å². The Balaban J connectivity index is 2.06. The molecule has 0 aliphatic carbocycles. The van der Waals surface area contributed by atoms with Crippen molar-refractivity contribution in [3.8, 4) is 17.2 Å². The van der Waals surface area contributed by atoms with Gasteiger partial charge in [-0.1, -0.05) is 0 Å². The Bertz CT molecular complexity index is 734. The van der Waals surface area contributed by atoms with E-state index in [1.54, 1.807) is 27.4 Å². The van der Waals surface area contributed by atoms with Gasteiger partial charge in [0.2, 0.25) is 11.7 Å². The second-order valence-corrected chi connectivity index (χ2v) is 5.66. The lowest BCUT2D eigenvalue weighted by Crippen LogP contribution is -2.13. The first-order valence-electron chi connectivity index (χ1n) is 7.93. The summed E-state index contributed by atoms with van der Waals surface area (Å²) < 4.78 is 16.0. The minimum Gasteiger partial charge on any atom is -0.493 e. The van der Waals surface area contributed by atoms with Crippen molar-refractivity contribution in [1.82, 2.24) is 0 Å². The van der Waals surface area contributed by atoms with E-state index in [4.69, 9.17) is 19.9 Å². The second-order valence-electron chi connectivity index (χ2n) is 5.66. The maximum atomic E-state index is 12.2. The van der Waals surface area contributed by atoms with Crippen molar-refractivity contribution in [2.45, 2.75) is 19.8 Å². The predicted octanol–water partition coefficient (Wildman–Crippen LogP) is 3.17. The topological polar surface area (TPSA) is 82.8 Å². The Morgan fingerprint density at radius 1 is 1.04 bits per heavy atom. The first kappa shape index (κ1) is 18.4. The summed E-state index contributed by atoms with van der Waals surface area (Å²) in [7, 11) is 4.69. The average Bonchev–Trinajstić information content (AvgIpc) is 2.61. The fraction of sp³-hybridized carbons (Fsp3) is 0.316. The standard InChI is InChI=1S/C19H24N2O4/c1-12-9-14(20)6-7-15(12)21-18(22)8-5-13-10-16(23-2)19(25-4)17(11-13)24-3/h6-7,9-11H,5,8,20H2,1-4H3,(H,21,22). The largest absolute Gasteiger partial charge is 0.493 e. The van der Waals surface area contributed by atoms with Crippen LogP contribution < -0.4 is 25.3 Å². The molecule has 0 unspecified atom stereocenters. The van der Waals surface area contributed by atoms with Gasteiger partial charge in [0.1, 0.15) is 0 Å². The summed E-state index contributed by atoms with van der Waals surface area (Å²) in [6, 6.07) is 9.10. The lowest BCUT2D eigenvalue weighted by Gasteiger charge is -2.14. The zero-order chi connectivity index (χ0) is 18.4. The van der Waals surface area contributed by atoms with Crippen LogP contribution in [0, 0.1) is 6.92 Å². The van der Waals surface area contributed by atoms with Crippen LogP contribution >= 0.6 is 0 Å². The van der Waals surface area contributed by atoms with Crippen LogP contribution in [0.15, 0.2) is 30.3 Å². The Morgan fingerprint density at radius 2 is 1.68 bits per heavy atom. The van der Waals surface area contributed by atoms with Gasteiger partial charge in [-0.25, -0.2) is 0 Å². The van der Waals surface area contributed by atoms with E-state index in [1.165, 1.54) is 0 Å². The highest BCUT2D eigenvalue weighted by molar-refractivity contribution is 5.91. The van der Waals surface area contributed by atoms with Crippen molar-refractivity contribution >= 4 is 17.3 Å². The van der Waals surface area contributed by atoms with Crippen LogP contribution in [0.25, 0.3) is 0 Å².